The molecule has 1 unspecified atom stereocenters. The Balaban J connectivity index is 1.98. The van der Waals surface area contributed by atoms with E-state index < -0.39 is 0 Å². The van der Waals surface area contributed by atoms with Gasteiger partial charge in [0, 0.05) is 21.7 Å². The molecular weight excluding hydrogens is 462 g/mol. The molecule has 21 heavy (non-hydrogen) atoms. The number of likely N-dealkylation sites (N-methyl/N-ethyl adjacent to an activating group) is 1. The molecule has 0 N–H and O–H groups in total. The lowest BCUT2D eigenvalue weighted by Crippen LogP contribution is -2.20. The zero-order valence-corrected chi connectivity index (χ0v) is 16.0. The molecule has 2 aromatic carbocycles. The van der Waals surface area contributed by atoms with Crippen LogP contribution in [-0.2, 0) is 11.2 Å². The van der Waals surface area contributed by atoms with Crippen LogP contribution in [0.5, 0.6) is 0 Å². The van der Waals surface area contributed by atoms with Crippen LogP contribution in [-0.4, -0.2) is 13.0 Å². The Bertz CT molecular complexity index is 709. The number of anilines is 1. The molecule has 0 aliphatic carbocycles. The van der Waals surface area contributed by atoms with Gasteiger partial charge in [-0.1, -0.05) is 59.9 Å². The van der Waals surface area contributed by atoms with Gasteiger partial charge in [0.25, 0.3) is 0 Å². The minimum absolute atomic E-state index is 0.0950. The number of amides is 1. The van der Waals surface area contributed by atoms with Crippen molar-refractivity contribution in [1.29, 1.82) is 0 Å². The highest BCUT2D eigenvalue weighted by Gasteiger charge is 2.25. The number of halogens is 3. The van der Waals surface area contributed by atoms with E-state index in [0.717, 1.165) is 31.3 Å². The summed E-state index contributed by atoms with van der Waals surface area (Å²) in [5.74, 6) is 0.151. The molecule has 1 amide bonds. The zero-order valence-electron chi connectivity index (χ0n) is 11.2. The Labute approximate surface area is 148 Å². The van der Waals surface area contributed by atoms with Crippen LogP contribution in [0.4, 0.5) is 5.69 Å². The third-order valence-electron chi connectivity index (χ3n) is 3.65. The lowest BCUT2D eigenvalue weighted by Gasteiger charge is -2.15. The van der Waals surface area contributed by atoms with E-state index >= 15 is 0 Å². The third-order valence-corrected chi connectivity index (χ3v) is 5.62. The van der Waals surface area contributed by atoms with E-state index in [1.54, 1.807) is 4.90 Å². The predicted molar refractivity (Wildman–Crippen MR) is 96.2 cm³/mol. The Kier molecular flexibility index (Phi) is 4.26. The Morgan fingerprint density at radius 2 is 1.71 bits per heavy atom. The fourth-order valence-corrected chi connectivity index (χ4v) is 4.44. The number of alkyl halides is 1. The summed E-state index contributed by atoms with van der Waals surface area (Å²) in [6.45, 7) is 0. The maximum absolute atomic E-state index is 11.8. The van der Waals surface area contributed by atoms with Gasteiger partial charge in [0.1, 0.15) is 0 Å². The Hall–Kier alpha value is -0.650. The van der Waals surface area contributed by atoms with Crippen LogP contribution in [0.3, 0.4) is 0 Å². The maximum Gasteiger partial charge on any atom is 0.231 e. The number of carbonyl (C=O) groups excluding carboxylic acids is 1. The second-order valence-electron chi connectivity index (χ2n) is 5.08. The SMILES string of the molecule is CN1C(=O)Cc2cc(C(Br)c3cc(Br)cc(Br)c3)ccc21. The van der Waals surface area contributed by atoms with Crippen molar-refractivity contribution in [3.8, 4) is 0 Å². The number of hydrogen-bond acceptors (Lipinski definition) is 1. The minimum atomic E-state index is 0.0950. The van der Waals surface area contributed by atoms with Gasteiger partial charge in [-0.25, -0.2) is 0 Å². The number of rotatable bonds is 2. The van der Waals surface area contributed by atoms with E-state index in [9.17, 15) is 4.79 Å². The fraction of sp³-hybridized carbons (Fsp3) is 0.188. The number of nitrogens with zero attached hydrogens (tertiary/aromatic N) is 1. The molecule has 1 aliphatic heterocycles. The average molecular weight is 474 g/mol. The molecule has 0 radical (unpaired) electrons. The van der Waals surface area contributed by atoms with Crippen LogP contribution < -0.4 is 4.90 Å². The van der Waals surface area contributed by atoms with Crippen molar-refractivity contribution >= 4 is 59.4 Å². The molecule has 3 rings (SSSR count). The summed E-state index contributed by atoms with van der Waals surface area (Å²) in [4.78, 5) is 13.6. The number of carbonyl (C=O) groups is 1. The van der Waals surface area contributed by atoms with Crippen molar-refractivity contribution in [1.82, 2.24) is 0 Å². The summed E-state index contributed by atoms with van der Waals surface area (Å²) in [7, 11) is 1.82. The quantitative estimate of drug-likeness (QED) is 0.548. The first kappa shape index (κ1) is 15.3. The van der Waals surface area contributed by atoms with Gasteiger partial charge in [0.15, 0.2) is 0 Å². The molecular formula is C16H12Br3NO. The van der Waals surface area contributed by atoms with E-state index in [1.807, 2.05) is 19.2 Å². The largest absolute Gasteiger partial charge is 0.315 e. The van der Waals surface area contributed by atoms with E-state index in [-0.39, 0.29) is 10.7 Å². The molecule has 2 nitrogen and oxygen atoms in total. The van der Waals surface area contributed by atoms with E-state index in [1.165, 1.54) is 0 Å². The smallest absolute Gasteiger partial charge is 0.231 e. The van der Waals surface area contributed by atoms with E-state index in [2.05, 4.69) is 72.1 Å². The van der Waals surface area contributed by atoms with Crippen molar-refractivity contribution in [3.05, 3.63) is 62.0 Å². The summed E-state index contributed by atoms with van der Waals surface area (Å²) < 4.78 is 2.07. The van der Waals surface area contributed by atoms with Crippen LogP contribution in [0, 0.1) is 0 Å². The number of fused-ring (bicyclic) bond motifs is 1. The number of benzene rings is 2. The molecule has 0 saturated heterocycles. The highest BCUT2D eigenvalue weighted by atomic mass is 79.9. The molecule has 2 aromatic rings. The van der Waals surface area contributed by atoms with Crippen molar-refractivity contribution in [2.45, 2.75) is 11.2 Å². The van der Waals surface area contributed by atoms with Crippen molar-refractivity contribution in [2.75, 3.05) is 11.9 Å². The van der Waals surface area contributed by atoms with Gasteiger partial charge < -0.3 is 4.90 Å². The molecule has 0 bridgehead atoms. The normalized spacial score (nSPS) is 15.2. The summed E-state index contributed by atoms with van der Waals surface area (Å²) >= 11 is 10.8. The van der Waals surface area contributed by atoms with Crippen molar-refractivity contribution in [3.63, 3.8) is 0 Å². The fourth-order valence-electron chi connectivity index (χ4n) is 2.56. The van der Waals surface area contributed by atoms with Crippen LogP contribution in [0.1, 0.15) is 21.5 Å². The first-order valence-electron chi connectivity index (χ1n) is 6.45. The van der Waals surface area contributed by atoms with Crippen molar-refractivity contribution < 1.29 is 4.79 Å². The summed E-state index contributed by atoms with van der Waals surface area (Å²) in [6, 6.07) is 12.4. The van der Waals surface area contributed by atoms with Gasteiger partial charge >= 0.3 is 0 Å². The molecule has 108 valence electrons. The minimum Gasteiger partial charge on any atom is -0.315 e. The highest BCUT2D eigenvalue weighted by molar-refractivity contribution is 9.11. The zero-order chi connectivity index (χ0) is 15.1. The van der Waals surface area contributed by atoms with E-state index in [0.29, 0.717) is 6.42 Å². The van der Waals surface area contributed by atoms with E-state index in [4.69, 9.17) is 0 Å². The van der Waals surface area contributed by atoms with Gasteiger partial charge in [0.05, 0.1) is 11.2 Å². The van der Waals surface area contributed by atoms with Gasteiger partial charge in [0.2, 0.25) is 5.91 Å². The summed E-state index contributed by atoms with van der Waals surface area (Å²) in [5, 5.41) is 0. The molecule has 1 atom stereocenters. The average Bonchev–Trinajstić information content (AvgIpc) is 2.71. The Morgan fingerprint density at radius 1 is 1.05 bits per heavy atom. The summed E-state index contributed by atoms with van der Waals surface area (Å²) in [5.41, 5.74) is 4.42. The maximum atomic E-state index is 11.8. The molecule has 5 heteroatoms. The lowest BCUT2D eigenvalue weighted by molar-refractivity contribution is -0.117. The highest BCUT2D eigenvalue weighted by Crippen LogP contribution is 2.37. The molecule has 0 fully saturated rings. The van der Waals surface area contributed by atoms with Crippen LogP contribution in [0.2, 0.25) is 0 Å². The van der Waals surface area contributed by atoms with Gasteiger partial charge in [-0.2, -0.15) is 0 Å². The second-order valence-corrected chi connectivity index (χ2v) is 7.83. The predicted octanol–water partition coefficient (Wildman–Crippen LogP) is 5.21. The van der Waals surface area contributed by atoms with Crippen LogP contribution in [0.25, 0.3) is 0 Å². The van der Waals surface area contributed by atoms with Gasteiger partial charge in [-0.15, -0.1) is 0 Å². The number of hydrogen-bond donors (Lipinski definition) is 0. The van der Waals surface area contributed by atoms with Crippen LogP contribution in [0.15, 0.2) is 45.3 Å². The second kappa shape index (κ2) is 5.86. The first-order valence-corrected chi connectivity index (χ1v) is 8.95. The molecule has 0 saturated carbocycles. The monoisotopic (exact) mass is 471 g/mol. The van der Waals surface area contributed by atoms with Crippen molar-refractivity contribution in [2.24, 2.45) is 0 Å². The molecule has 1 aliphatic rings. The molecule has 0 aromatic heterocycles. The molecule has 0 spiro atoms. The standard InChI is InChI=1S/C16H12Br3NO/c1-20-14-3-2-9(4-10(14)7-15(20)21)16(19)11-5-12(17)8-13(18)6-11/h2-6,8,16H,7H2,1H3. The first-order chi connectivity index (χ1) is 9.95. The Morgan fingerprint density at radius 3 is 2.38 bits per heavy atom. The van der Waals surface area contributed by atoms with Gasteiger partial charge in [-0.05, 0) is 41.0 Å². The molecule has 1 heterocycles. The third kappa shape index (κ3) is 2.96. The summed E-state index contributed by atoms with van der Waals surface area (Å²) in [6.07, 6.45) is 0.488. The topological polar surface area (TPSA) is 20.3 Å². The lowest BCUT2D eigenvalue weighted by atomic mass is 10.0. The van der Waals surface area contributed by atoms with Gasteiger partial charge in [-0.3, -0.25) is 4.79 Å². The van der Waals surface area contributed by atoms with Crippen LogP contribution >= 0.6 is 47.8 Å².